The molecular formula is C8H12N4O2. The molecule has 0 saturated carbocycles. The molecule has 1 saturated heterocycles. The van der Waals surface area contributed by atoms with Crippen LogP contribution in [0.5, 0.6) is 0 Å². The maximum Gasteiger partial charge on any atom is 0.255 e. The maximum atomic E-state index is 11.8. The van der Waals surface area contributed by atoms with Gasteiger partial charge < -0.3 is 16.2 Å². The summed E-state index contributed by atoms with van der Waals surface area (Å²) in [5, 5.41) is 3.83. The Balaban J connectivity index is 2.20. The van der Waals surface area contributed by atoms with Crippen LogP contribution >= 0.6 is 0 Å². The standard InChI is InChI=1S/C8H12N4O2/c9-6-4-14-3-5(6)8(13)12-7(10)1-2-11-12/h1-2,5-6H,3-4,9-10H2. The lowest BCUT2D eigenvalue weighted by atomic mass is 10.0. The highest BCUT2D eigenvalue weighted by molar-refractivity contribution is 5.84. The van der Waals surface area contributed by atoms with Crippen LogP contribution in [0.25, 0.3) is 0 Å². The largest absolute Gasteiger partial charge is 0.383 e. The number of carbonyl (C=O) groups is 1. The second-order valence-electron chi connectivity index (χ2n) is 3.31. The lowest BCUT2D eigenvalue weighted by Crippen LogP contribution is -2.37. The molecule has 76 valence electrons. The summed E-state index contributed by atoms with van der Waals surface area (Å²) in [6.07, 6.45) is 1.48. The van der Waals surface area contributed by atoms with Crippen molar-refractivity contribution >= 4 is 11.7 Å². The average Bonchev–Trinajstić information content (AvgIpc) is 2.73. The quantitative estimate of drug-likeness (QED) is 0.605. The van der Waals surface area contributed by atoms with Gasteiger partial charge in [0.05, 0.1) is 25.3 Å². The lowest BCUT2D eigenvalue weighted by Gasteiger charge is -2.11. The van der Waals surface area contributed by atoms with E-state index in [-0.39, 0.29) is 17.9 Å². The average molecular weight is 196 g/mol. The molecule has 2 rings (SSSR count). The van der Waals surface area contributed by atoms with Crippen molar-refractivity contribution in [3.63, 3.8) is 0 Å². The highest BCUT2D eigenvalue weighted by Crippen LogP contribution is 2.15. The fourth-order valence-electron chi connectivity index (χ4n) is 1.48. The number of nitrogens with zero attached hydrogens (tertiary/aromatic N) is 2. The van der Waals surface area contributed by atoms with E-state index in [1.54, 1.807) is 6.07 Å². The summed E-state index contributed by atoms with van der Waals surface area (Å²) in [7, 11) is 0. The Bertz CT molecular complexity index is 349. The molecule has 0 bridgehead atoms. The van der Waals surface area contributed by atoms with Gasteiger partial charge in [0, 0.05) is 12.1 Å². The van der Waals surface area contributed by atoms with Gasteiger partial charge >= 0.3 is 0 Å². The normalized spacial score (nSPS) is 26.6. The van der Waals surface area contributed by atoms with E-state index in [0.29, 0.717) is 19.0 Å². The van der Waals surface area contributed by atoms with Crippen molar-refractivity contribution in [3.8, 4) is 0 Å². The van der Waals surface area contributed by atoms with Crippen molar-refractivity contribution < 1.29 is 9.53 Å². The monoisotopic (exact) mass is 196 g/mol. The van der Waals surface area contributed by atoms with Gasteiger partial charge in [0.1, 0.15) is 5.82 Å². The Morgan fingerprint density at radius 1 is 1.64 bits per heavy atom. The molecule has 0 spiro atoms. The van der Waals surface area contributed by atoms with Crippen LogP contribution in [0.1, 0.15) is 4.79 Å². The van der Waals surface area contributed by atoms with Crippen molar-refractivity contribution in [2.75, 3.05) is 18.9 Å². The number of nitrogen functional groups attached to an aromatic ring is 1. The maximum absolute atomic E-state index is 11.8. The molecule has 2 atom stereocenters. The van der Waals surface area contributed by atoms with Gasteiger partial charge in [-0.15, -0.1) is 0 Å². The molecule has 14 heavy (non-hydrogen) atoms. The summed E-state index contributed by atoms with van der Waals surface area (Å²) < 4.78 is 6.27. The minimum absolute atomic E-state index is 0.197. The van der Waals surface area contributed by atoms with Crippen molar-refractivity contribution in [1.29, 1.82) is 0 Å². The highest BCUT2D eigenvalue weighted by Gasteiger charge is 2.33. The molecule has 6 nitrogen and oxygen atoms in total. The number of carbonyl (C=O) groups excluding carboxylic acids is 1. The Hall–Kier alpha value is -1.40. The molecule has 1 aromatic rings. The van der Waals surface area contributed by atoms with E-state index in [2.05, 4.69) is 5.10 Å². The van der Waals surface area contributed by atoms with Gasteiger partial charge in [0.25, 0.3) is 5.91 Å². The number of aromatic nitrogens is 2. The van der Waals surface area contributed by atoms with E-state index < -0.39 is 0 Å². The summed E-state index contributed by atoms with van der Waals surface area (Å²) in [6.45, 7) is 0.761. The van der Waals surface area contributed by atoms with Crippen LogP contribution in [0.15, 0.2) is 12.3 Å². The molecule has 1 fully saturated rings. The van der Waals surface area contributed by atoms with Crippen LogP contribution in [0, 0.1) is 5.92 Å². The Morgan fingerprint density at radius 2 is 2.43 bits per heavy atom. The van der Waals surface area contributed by atoms with Gasteiger partial charge in [0.15, 0.2) is 0 Å². The summed E-state index contributed by atoms with van der Waals surface area (Å²) >= 11 is 0. The molecule has 1 aliphatic heterocycles. The van der Waals surface area contributed by atoms with E-state index in [1.807, 2.05) is 0 Å². The number of nitrogens with two attached hydrogens (primary N) is 2. The third kappa shape index (κ3) is 1.38. The second-order valence-corrected chi connectivity index (χ2v) is 3.31. The van der Waals surface area contributed by atoms with E-state index in [0.717, 1.165) is 0 Å². The predicted octanol–water partition coefficient (Wildman–Crippen LogP) is -0.921. The molecule has 0 aliphatic carbocycles. The van der Waals surface area contributed by atoms with Gasteiger partial charge in [-0.3, -0.25) is 4.79 Å². The number of hydrogen-bond acceptors (Lipinski definition) is 5. The third-order valence-corrected chi connectivity index (χ3v) is 2.32. The van der Waals surface area contributed by atoms with Crippen molar-refractivity contribution in [2.24, 2.45) is 11.7 Å². The van der Waals surface area contributed by atoms with Crippen LogP contribution in [0.2, 0.25) is 0 Å². The molecule has 2 heterocycles. The summed E-state index contributed by atoms with van der Waals surface area (Å²) in [6, 6.07) is 1.31. The highest BCUT2D eigenvalue weighted by atomic mass is 16.5. The zero-order valence-corrected chi connectivity index (χ0v) is 7.59. The van der Waals surface area contributed by atoms with Crippen molar-refractivity contribution in [2.45, 2.75) is 6.04 Å². The van der Waals surface area contributed by atoms with E-state index in [9.17, 15) is 4.79 Å². The third-order valence-electron chi connectivity index (χ3n) is 2.32. The fourth-order valence-corrected chi connectivity index (χ4v) is 1.48. The molecule has 0 radical (unpaired) electrons. The minimum atomic E-state index is -0.336. The summed E-state index contributed by atoms with van der Waals surface area (Å²) in [5.74, 6) is -0.205. The molecule has 6 heteroatoms. The van der Waals surface area contributed by atoms with Gasteiger partial charge in [-0.25, -0.2) is 0 Å². The Kier molecular flexibility index (Phi) is 2.22. The molecule has 1 aliphatic rings. The predicted molar refractivity (Wildman–Crippen MR) is 49.6 cm³/mol. The van der Waals surface area contributed by atoms with Crippen LogP contribution in [-0.4, -0.2) is 34.9 Å². The van der Waals surface area contributed by atoms with Crippen LogP contribution < -0.4 is 11.5 Å². The smallest absolute Gasteiger partial charge is 0.255 e. The Labute approximate surface area is 80.8 Å². The van der Waals surface area contributed by atoms with E-state index in [1.165, 1.54) is 10.9 Å². The first-order valence-electron chi connectivity index (χ1n) is 4.37. The summed E-state index contributed by atoms with van der Waals surface area (Å²) in [4.78, 5) is 11.8. The number of anilines is 1. The first-order valence-corrected chi connectivity index (χ1v) is 4.37. The molecule has 1 aromatic heterocycles. The fraction of sp³-hybridized carbons (Fsp3) is 0.500. The van der Waals surface area contributed by atoms with Crippen molar-refractivity contribution in [3.05, 3.63) is 12.3 Å². The minimum Gasteiger partial charge on any atom is -0.383 e. The first kappa shape index (κ1) is 9.17. The zero-order chi connectivity index (χ0) is 10.1. The zero-order valence-electron chi connectivity index (χ0n) is 7.59. The molecular weight excluding hydrogens is 184 g/mol. The summed E-state index contributed by atoms with van der Waals surface area (Å²) in [5.41, 5.74) is 11.3. The van der Waals surface area contributed by atoms with Crippen LogP contribution in [-0.2, 0) is 4.74 Å². The number of rotatable bonds is 1. The van der Waals surface area contributed by atoms with Crippen LogP contribution in [0.4, 0.5) is 5.82 Å². The van der Waals surface area contributed by atoms with Gasteiger partial charge in [-0.05, 0) is 0 Å². The number of ether oxygens (including phenoxy) is 1. The lowest BCUT2D eigenvalue weighted by molar-refractivity contribution is 0.0796. The molecule has 0 amide bonds. The molecule has 4 N–H and O–H groups in total. The first-order chi connectivity index (χ1) is 6.70. The van der Waals surface area contributed by atoms with Gasteiger partial charge in [0.2, 0.25) is 0 Å². The van der Waals surface area contributed by atoms with Crippen molar-refractivity contribution in [1.82, 2.24) is 9.78 Å². The van der Waals surface area contributed by atoms with E-state index >= 15 is 0 Å². The van der Waals surface area contributed by atoms with Gasteiger partial charge in [-0.1, -0.05) is 0 Å². The van der Waals surface area contributed by atoms with Gasteiger partial charge in [-0.2, -0.15) is 9.78 Å². The number of hydrogen-bond donors (Lipinski definition) is 2. The van der Waals surface area contributed by atoms with Crippen LogP contribution in [0.3, 0.4) is 0 Å². The molecule has 0 aromatic carbocycles. The topological polar surface area (TPSA) is 96.2 Å². The molecule has 2 unspecified atom stereocenters. The van der Waals surface area contributed by atoms with E-state index in [4.69, 9.17) is 16.2 Å². The SMILES string of the molecule is Nc1ccnn1C(=O)C1COCC1N. The Morgan fingerprint density at radius 3 is 2.93 bits per heavy atom. The second kappa shape index (κ2) is 3.39.